The molecule has 1 aliphatic rings. The van der Waals surface area contributed by atoms with Crippen molar-refractivity contribution in [3.63, 3.8) is 0 Å². The molecule has 0 radical (unpaired) electrons. The molecule has 1 aliphatic heterocycles. The monoisotopic (exact) mass is 249 g/mol. The average molecular weight is 249 g/mol. The number of nitrogen functional groups attached to an aromatic ring is 1. The van der Waals surface area contributed by atoms with Crippen molar-refractivity contribution in [3.05, 3.63) is 17.8 Å². The van der Waals surface area contributed by atoms with E-state index >= 15 is 0 Å². The number of nitrogens with two attached hydrogens (primary N) is 1. The zero-order valence-electron chi connectivity index (χ0n) is 10.6. The fourth-order valence-electron chi connectivity index (χ4n) is 2.17. The number of aromatic nitrogens is 2. The first-order valence-electron chi connectivity index (χ1n) is 6.24. The number of likely N-dealkylation sites (N-methyl/N-ethyl adjacent to an activating group) is 1. The fourth-order valence-corrected chi connectivity index (χ4v) is 2.17. The van der Waals surface area contributed by atoms with Gasteiger partial charge in [-0.3, -0.25) is 4.79 Å². The highest BCUT2D eigenvalue weighted by Crippen LogP contribution is 2.14. The van der Waals surface area contributed by atoms with Gasteiger partial charge in [-0.2, -0.15) is 0 Å². The van der Waals surface area contributed by atoms with Gasteiger partial charge in [0.15, 0.2) is 5.69 Å². The third-order valence-corrected chi connectivity index (χ3v) is 3.34. The Kier molecular flexibility index (Phi) is 4.09. The Hall–Kier alpha value is -1.69. The minimum Gasteiger partial charge on any atom is -0.382 e. The molecule has 0 bridgehead atoms. The van der Waals surface area contributed by atoms with E-state index in [4.69, 9.17) is 5.73 Å². The van der Waals surface area contributed by atoms with Gasteiger partial charge in [-0.1, -0.05) is 6.42 Å². The van der Waals surface area contributed by atoms with E-state index in [2.05, 4.69) is 27.5 Å². The summed E-state index contributed by atoms with van der Waals surface area (Å²) in [6.07, 6.45) is 3.60. The van der Waals surface area contributed by atoms with E-state index in [0.717, 1.165) is 13.0 Å². The Bertz CT molecular complexity index is 405. The molecule has 1 aromatic rings. The predicted molar refractivity (Wildman–Crippen MR) is 69.0 cm³/mol. The van der Waals surface area contributed by atoms with Crippen LogP contribution in [0.3, 0.4) is 0 Å². The Morgan fingerprint density at radius 3 is 3.00 bits per heavy atom. The molecule has 18 heavy (non-hydrogen) atoms. The zero-order chi connectivity index (χ0) is 13.0. The lowest BCUT2D eigenvalue weighted by atomic mass is 10.0. The van der Waals surface area contributed by atoms with E-state index < -0.39 is 0 Å². The molecule has 1 amide bonds. The maximum atomic E-state index is 11.8. The molecule has 1 atom stereocenters. The van der Waals surface area contributed by atoms with Gasteiger partial charge in [0.1, 0.15) is 5.82 Å². The SMILES string of the molecule is CN1CCCCC1CNC(=O)c1ccc(N)nn1. The summed E-state index contributed by atoms with van der Waals surface area (Å²) in [4.78, 5) is 14.1. The summed E-state index contributed by atoms with van der Waals surface area (Å²) in [5.74, 6) is 0.125. The standard InChI is InChI=1S/C12H19N5O/c1-17-7-3-2-4-9(17)8-14-12(18)10-5-6-11(13)16-15-10/h5-6,9H,2-4,7-8H2,1H3,(H2,13,16)(H,14,18). The van der Waals surface area contributed by atoms with Crippen LogP contribution in [-0.2, 0) is 0 Å². The highest BCUT2D eigenvalue weighted by atomic mass is 16.1. The average Bonchev–Trinajstić information content (AvgIpc) is 2.38. The Morgan fingerprint density at radius 2 is 2.33 bits per heavy atom. The number of nitrogens with zero attached hydrogens (tertiary/aromatic N) is 3. The highest BCUT2D eigenvalue weighted by molar-refractivity contribution is 5.92. The van der Waals surface area contributed by atoms with Gasteiger partial charge >= 0.3 is 0 Å². The van der Waals surface area contributed by atoms with Crippen LogP contribution < -0.4 is 11.1 Å². The second kappa shape index (κ2) is 5.77. The minimum atomic E-state index is -0.193. The van der Waals surface area contributed by atoms with Crippen LogP contribution in [0.1, 0.15) is 29.8 Å². The summed E-state index contributed by atoms with van der Waals surface area (Å²) >= 11 is 0. The highest BCUT2D eigenvalue weighted by Gasteiger charge is 2.19. The van der Waals surface area contributed by atoms with Gasteiger partial charge in [0, 0.05) is 12.6 Å². The summed E-state index contributed by atoms with van der Waals surface area (Å²) < 4.78 is 0. The van der Waals surface area contributed by atoms with E-state index in [1.165, 1.54) is 12.8 Å². The molecular formula is C12H19N5O. The molecule has 2 heterocycles. The minimum absolute atomic E-state index is 0.193. The van der Waals surface area contributed by atoms with E-state index in [0.29, 0.717) is 24.1 Å². The molecule has 0 aromatic carbocycles. The fraction of sp³-hybridized carbons (Fsp3) is 0.583. The predicted octanol–water partition coefficient (Wildman–Crippen LogP) is 0.273. The van der Waals surface area contributed by atoms with Gasteiger partial charge in [-0.05, 0) is 38.6 Å². The molecule has 0 saturated carbocycles. The van der Waals surface area contributed by atoms with Crippen molar-refractivity contribution in [2.24, 2.45) is 0 Å². The molecule has 6 heteroatoms. The first-order chi connectivity index (χ1) is 8.66. The molecule has 2 rings (SSSR count). The lowest BCUT2D eigenvalue weighted by Crippen LogP contribution is -2.44. The number of amides is 1. The normalized spacial score (nSPS) is 20.6. The van der Waals surface area contributed by atoms with Crippen LogP contribution in [0.4, 0.5) is 5.82 Å². The van der Waals surface area contributed by atoms with Crippen LogP contribution in [0, 0.1) is 0 Å². The maximum Gasteiger partial charge on any atom is 0.271 e. The number of carbonyl (C=O) groups excluding carboxylic acids is 1. The molecule has 1 aromatic heterocycles. The molecular weight excluding hydrogens is 230 g/mol. The van der Waals surface area contributed by atoms with Gasteiger partial charge in [0.2, 0.25) is 0 Å². The van der Waals surface area contributed by atoms with Gasteiger partial charge in [-0.25, -0.2) is 0 Å². The van der Waals surface area contributed by atoms with Crippen LogP contribution in [0.2, 0.25) is 0 Å². The molecule has 1 unspecified atom stereocenters. The number of hydrogen-bond donors (Lipinski definition) is 2. The third kappa shape index (κ3) is 3.16. The van der Waals surface area contributed by atoms with Gasteiger partial charge in [0.05, 0.1) is 0 Å². The molecule has 1 fully saturated rings. The van der Waals surface area contributed by atoms with Crippen LogP contribution in [0.15, 0.2) is 12.1 Å². The third-order valence-electron chi connectivity index (χ3n) is 3.34. The van der Waals surface area contributed by atoms with Crippen LogP contribution in [0.25, 0.3) is 0 Å². The summed E-state index contributed by atoms with van der Waals surface area (Å²) in [6.45, 7) is 1.75. The lowest BCUT2D eigenvalue weighted by molar-refractivity contribution is 0.0922. The van der Waals surface area contributed by atoms with Gasteiger partial charge < -0.3 is 16.0 Å². The first-order valence-corrected chi connectivity index (χ1v) is 6.24. The molecule has 0 aliphatic carbocycles. The quantitative estimate of drug-likeness (QED) is 0.803. The topological polar surface area (TPSA) is 84.1 Å². The van der Waals surface area contributed by atoms with E-state index in [-0.39, 0.29) is 5.91 Å². The summed E-state index contributed by atoms with van der Waals surface area (Å²) in [5.41, 5.74) is 5.73. The van der Waals surface area contributed by atoms with Crippen molar-refractivity contribution in [1.29, 1.82) is 0 Å². The molecule has 0 spiro atoms. The summed E-state index contributed by atoms with van der Waals surface area (Å²) in [7, 11) is 2.10. The van der Waals surface area contributed by atoms with Crippen LogP contribution in [-0.4, -0.2) is 47.2 Å². The largest absolute Gasteiger partial charge is 0.382 e. The molecule has 1 saturated heterocycles. The number of nitrogens with one attached hydrogen (secondary N) is 1. The number of anilines is 1. The van der Waals surface area contributed by atoms with Crippen molar-refractivity contribution in [3.8, 4) is 0 Å². The summed E-state index contributed by atoms with van der Waals surface area (Å²) in [6, 6.07) is 3.58. The Morgan fingerprint density at radius 1 is 1.50 bits per heavy atom. The maximum absolute atomic E-state index is 11.8. The smallest absolute Gasteiger partial charge is 0.271 e. The van der Waals surface area contributed by atoms with E-state index in [1.54, 1.807) is 12.1 Å². The van der Waals surface area contributed by atoms with E-state index in [1.807, 2.05) is 0 Å². The number of carbonyl (C=O) groups is 1. The summed E-state index contributed by atoms with van der Waals surface area (Å²) in [5, 5.41) is 10.3. The van der Waals surface area contributed by atoms with Crippen molar-refractivity contribution >= 4 is 11.7 Å². The number of piperidine rings is 1. The first kappa shape index (κ1) is 12.8. The zero-order valence-corrected chi connectivity index (χ0v) is 10.6. The second-order valence-corrected chi connectivity index (χ2v) is 4.68. The van der Waals surface area contributed by atoms with E-state index in [9.17, 15) is 4.79 Å². The van der Waals surface area contributed by atoms with Crippen molar-refractivity contribution in [2.75, 3.05) is 25.9 Å². The van der Waals surface area contributed by atoms with Crippen LogP contribution >= 0.6 is 0 Å². The van der Waals surface area contributed by atoms with Crippen molar-refractivity contribution in [2.45, 2.75) is 25.3 Å². The van der Waals surface area contributed by atoms with Gasteiger partial charge in [0.25, 0.3) is 5.91 Å². The second-order valence-electron chi connectivity index (χ2n) is 4.68. The van der Waals surface area contributed by atoms with Crippen molar-refractivity contribution < 1.29 is 4.79 Å². The lowest BCUT2D eigenvalue weighted by Gasteiger charge is -2.32. The van der Waals surface area contributed by atoms with Crippen molar-refractivity contribution in [1.82, 2.24) is 20.4 Å². The number of likely N-dealkylation sites (tertiary alicyclic amines) is 1. The van der Waals surface area contributed by atoms with Crippen LogP contribution in [0.5, 0.6) is 0 Å². The number of hydrogen-bond acceptors (Lipinski definition) is 5. The molecule has 6 nitrogen and oxygen atoms in total. The Labute approximate surface area is 107 Å². The number of rotatable bonds is 3. The molecule has 3 N–H and O–H groups in total. The Balaban J connectivity index is 1.86. The van der Waals surface area contributed by atoms with Gasteiger partial charge in [-0.15, -0.1) is 10.2 Å². The molecule has 98 valence electrons.